The summed E-state index contributed by atoms with van der Waals surface area (Å²) in [6.07, 6.45) is -10.9. The molecule has 2 aromatic rings. The van der Waals surface area contributed by atoms with E-state index in [1.807, 2.05) is 0 Å². The van der Waals surface area contributed by atoms with E-state index in [-0.39, 0.29) is 35.1 Å². The van der Waals surface area contributed by atoms with Crippen LogP contribution in [0.5, 0.6) is 23.5 Å². The third kappa shape index (κ3) is 8.79. The Labute approximate surface area is 249 Å². The average molecular weight is 629 g/mol. The Bertz CT molecular complexity index is 1220. The first-order chi connectivity index (χ1) is 20.8. The SMILES string of the molecule is CCC(=O)OC(C(=O)On1c(O)ccc1O)C(OC(=O)CC)C(OC(=O)CC)C(OC(=O)CC)C(=O)On1c(O)ccc1O. The first-order valence-corrected chi connectivity index (χ1v) is 13.2. The molecule has 0 aliphatic rings. The molecule has 242 valence electrons. The van der Waals surface area contributed by atoms with E-state index in [0.717, 1.165) is 24.3 Å². The number of aromatic hydroxyl groups is 4. The minimum Gasteiger partial charge on any atom is -0.492 e. The van der Waals surface area contributed by atoms with Crippen LogP contribution in [-0.4, -0.2) is 90.1 Å². The summed E-state index contributed by atoms with van der Waals surface area (Å²) in [7, 11) is 0. The summed E-state index contributed by atoms with van der Waals surface area (Å²) in [5, 5.41) is 39.7. The molecule has 4 atom stereocenters. The number of ether oxygens (including phenoxy) is 4. The minimum absolute atomic E-state index is 0.210. The van der Waals surface area contributed by atoms with E-state index in [4.69, 9.17) is 28.6 Å². The van der Waals surface area contributed by atoms with Gasteiger partial charge in [-0.15, -0.1) is 9.46 Å². The Morgan fingerprint density at radius 3 is 1.02 bits per heavy atom. The maximum atomic E-state index is 13.4. The number of carbonyl (C=O) groups is 6. The number of rotatable bonds is 15. The summed E-state index contributed by atoms with van der Waals surface area (Å²) in [4.78, 5) is 86.6. The van der Waals surface area contributed by atoms with Crippen LogP contribution >= 0.6 is 0 Å². The Hall–Kier alpha value is -5.42. The van der Waals surface area contributed by atoms with Gasteiger partial charge in [0.1, 0.15) is 0 Å². The fraction of sp³-hybridized carbons (Fsp3) is 0.462. The van der Waals surface area contributed by atoms with Gasteiger partial charge in [0.2, 0.25) is 35.7 Å². The predicted octanol–water partition coefficient (Wildman–Crippen LogP) is 0.00980. The molecule has 2 aromatic heterocycles. The summed E-state index contributed by atoms with van der Waals surface area (Å²) < 4.78 is 21.4. The summed E-state index contributed by atoms with van der Waals surface area (Å²) in [5.41, 5.74) is 0. The van der Waals surface area contributed by atoms with Crippen molar-refractivity contribution in [2.75, 3.05) is 0 Å². The molecule has 0 saturated heterocycles. The van der Waals surface area contributed by atoms with Gasteiger partial charge in [0.25, 0.3) is 0 Å². The molecule has 0 fully saturated rings. The van der Waals surface area contributed by atoms with E-state index in [1.165, 1.54) is 27.7 Å². The molecule has 0 spiro atoms. The fourth-order valence-corrected chi connectivity index (χ4v) is 3.30. The number of hydrogen-bond acceptors (Lipinski definition) is 16. The van der Waals surface area contributed by atoms with Crippen LogP contribution in [0.2, 0.25) is 0 Å². The van der Waals surface area contributed by atoms with Gasteiger partial charge in [-0.1, -0.05) is 27.7 Å². The molecule has 2 heterocycles. The summed E-state index contributed by atoms with van der Waals surface area (Å²) in [6.45, 7) is 5.31. The molecular weight excluding hydrogens is 596 g/mol. The fourth-order valence-electron chi connectivity index (χ4n) is 3.30. The van der Waals surface area contributed by atoms with Crippen molar-refractivity contribution in [3.63, 3.8) is 0 Å². The standard InChI is InChI=1S/C26H32N2O16/c1-5-17(33)39-21(23(41-19(35)7-3)25(37)43-27-13(29)9-10-14(27)30)22(40-18(34)6-2)24(42-20(36)8-4)26(38)44-28-15(31)11-12-16(28)32/h9-12,21-24,29-32H,5-8H2,1-4H3. The van der Waals surface area contributed by atoms with Crippen LogP contribution < -0.4 is 9.68 Å². The maximum Gasteiger partial charge on any atom is 0.377 e. The lowest BCUT2D eigenvalue weighted by molar-refractivity contribution is -0.211. The molecule has 18 nitrogen and oxygen atoms in total. The van der Waals surface area contributed by atoms with Gasteiger partial charge in [-0.05, 0) is 0 Å². The molecule has 18 heteroatoms. The lowest BCUT2D eigenvalue weighted by Gasteiger charge is -2.34. The van der Waals surface area contributed by atoms with Crippen LogP contribution in [0, 0.1) is 0 Å². The average Bonchev–Trinajstić information content (AvgIpc) is 3.49. The van der Waals surface area contributed by atoms with Crippen LogP contribution in [0.25, 0.3) is 0 Å². The van der Waals surface area contributed by atoms with Crippen LogP contribution in [0.1, 0.15) is 53.4 Å². The van der Waals surface area contributed by atoms with Crippen molar-refractivity contribution >= 4 is 35.8 Å². The molecule has 0 amide bonds. The lowest BCUT2D eigenvalue weighted by Crippen LogP contribution is -2.58. The first-order valence-electron chi connectivity index (χ1n) is 13.2. The highest BCUT2D eigenvalue weighted by molar-refractivity contribution is 5.84. The smallest absolute Gasteiger partial charge is 0.377 e. The Balaban J connectivity index is 2.75. The van der Waals surface area contributed by atoms with Crippen molar-refractivity contribution in [3.05, 3.63) is 24.3 Å². The van der Waals surface area contributed by atoms with E-state index >= 15 is 0 Å². The Morgan fingerprint density at radius 1 is 0.523 bits per heavy atom. The zero-order valence-corrected chi connectivity index (χ0v) is 24.0. The molecule has 0 bridgehead atoms. The van der Waals surface area contributed by atoms with Crippen molar-refractivity contribution in [1.29, 1.82) is 0 Å². The van der Waals surface area contributed by atoms with Crippen molar-refractivity contribution in [3.8, 4) is 23.5 Å². The van der Waals surface area contributed by atoms with Gasteiger partial charge in [0, 0.05) is 49.9 Å². The van der Waals surface area contributed by atoms with Crippen LogP contribution in [0.4, 0.5) is 0 Å². The van der Waals surface area contributed by atoms with Crippen LogP contribution in [-0.2, 0) is 47.7 Å². The highest BCUT2D eigenvalue weighted by Gasteiger charge is 2.51. The van der Waals surface area contributed by atoms with E-state index in [9.17, 15) is 49.2 Å². The largest absolute Gasteiger partial charge is 0.492 e. The van der Waals surface area contributed by atoms with E-state index in [1.54, 1.807) is 0 Å². The van der Waals surface area contributed by atoms with E-state index < -0.39 is 83.8 Å². The molecule has 44 heavy (non-hydrogen) atoms. The topological polar surface area (TPSA) is 249 Å². The van der Waals surface area contributed by atoms with E-state index in [2.05, 4.69) is 0 Å². The summed E-state index contributed by atoms with van der Waals surface area (Å²) in [6, 6.07) is 3.72. The number of nitrogens with zero attached hydrogens (tertiary/aromatic N) is 2. The summed E-state index contributed by atoms with van der Waals surface area (Å²) in [5.74, 6) is -10.8. The second kappa shape index (κ2) is 15.7. The molecule has 0 aliphatic carbocycles. The molecule has 0 aromatic carbocycles. The van der Waals surface area contributed by atoms with Gasteiger partial charge < -0.3 is 49.0 Å². The normalized spacial score (nSPS) is 13.5. The number of esters is 4. The Morgan fingerprint density at radius 2 is 0.773 bits per heavy atom. The number of carbonyl (C=O) groups excluding carboxylic acids is 6. The molecule has 0 radical (unpaired) electrons. The van der Waals surface area contributed by atoms with Crippen molar-refractivity contribution in [1.82, 2.24) is 9.46 Å². The monoisotopic (exact) mass is 628 g/mol. The maximum absolute atomic E-state index is 13.4. The third-order valence-electron chi connectivity index (χ3n) is 5.55. The minimum atomic E-state index is -2.40. The molecule has 4 unspecified atom stereocenters. The van der Waals surface area contributed by atoms with E-state index in [0.29, 0.717) is 0 Å². The van der Waals surface area contributed by atoms with Crippen molar-refractivity contribution < 1.29 is 77.8 Å². The van der Waals surface area contributed by atoms with Crippen LogP contribution in [0.3, 0.4) is 0 Å². The third-order valence-corrected chi connectivity index (χ3v) is 5.55. The highest BCUT2D eigenvalue weighted by Crippen LogP contribution is 2.25. The Kier molecular flexibility index (Phi) is 12.4. The predicted molar refractivity (Wildman–Crippen MR) is 139 cm³/mol. The number of hydrogen-bond donors (Lipinski definition) is 4. The zero-order chi connectivity index (χ0) is 33.1. The molecular formula is C26H32N2O16. The lowest BCUT2D eigenvalue weighted by atomic mass is 10.0. The number of aromatic nitrogens is 2. The van der Waals surface area contributed by atoms with Gasteiger partial charge in [-0.3, -0.25) is 19.2 Å². The van der Waals surface area contributed by atoms with Crippen molar-refractivity contribution in [2.45, 2.75) is 77.8 Å². The van der Waals surface area contributed by atoms with Gasteiger partial charge in [-0.25, -0.2) is 9.59 Å². The second-order valence-corrected chi connectivity index (χ2v) is 8.65. The van der Waals surface area contributed by atoms with Crippen LogP contribution in [0.15, 0.2) is 24.3 Å². The first kappa shape index (κ1) is 34.8. The summed E-state index contributed by atoms with van der Waals surface area (Å²) >= 11 is 0. The molecule has 0 saturated carbocycles. The molecule has 4 N–H and O–H groups in total. The van der Waals surface area contributed by atoms with Gasteiger partial charge >= 0.3 is 35.8 Å². The zero-order valence-electron chi connectivity index (χ0n) is 24.0. The van der Waals surface area contributed by atoms with Gasteiger partial charge in [0.05, 0.1) is 0 Å². The van der Waals surface area contributed by atoms with Gasteiger partial charge in [-0.2, -0.15) is 0 Å². The quantitative estimate of drug-likeness (QED) is 0.150. The van der Waals surface area contributed by atoms with Crippen molar-refractivity contribution in [2.24, 2.45) is 0 Å². The molecule has 0 aliphatic heterocycles. The molecule has 2 rings (SSSR count). The van der Waals surface area contributed by atoms with Gasteiger partial charge in [0.15, 0.2) is 12.2 Å². The second-order valence-electron chi connectivity index (χ2n) is 8.65. The highest BCUT2D eigenvalue weighted by atomic mass is 16.7.